The summed E-state index contributed by atoms with van der Waals surface area (Å²) in [6, 6.07) is 52.8. The molecule has 1 nitrogen and oxygen atoms in total. The van der Waals surface area contributed by atoms with Crippen LogP contribution in [0.25, 0.3) is 38.6 Å². The van der Waals surface area contributed by atoms with Gasteiger partial charge in [-0.1, -0.05) is 134 Å². The van der Waals surface area contributed by atoms with Crippen LogP contribution in [-0.4, -0.2) is 0 Å². The maximum Gasteiger partial charge on any atom is 0.0944 e. The molecule has 0 spiro atoms. The van der Waals surface area contributed by atoms with Crippen molar-refractivity contribution in [3.63, 3.8) is 0 Å². The fourth-order valence-corrected chi connectivity index (χ4v) is 6.72. The molecule has 1 aliphatic carbocycles. The highest BCUT2D eigenvalue weighted by Gasteiger charge is 2.46. The van der Waals surface area contributed by atoms with E-state index >= 15 is 0 Å². The zero-order valence-electron chi connectivity index (χ0n) is 23.5. The zero-order valence-corrected chi connectivity index (χ0v) is 23.5. The maximum atomic E-state index is 9.26. The molecule has 7 rings (SSSR count). The van der Waals surface area contributed by atoms with E-state index in [1.54, 1.807) is 0 Å². The van der Waals surface area contributed by atoms with E-state index in [4.69, 9.17) is 0 Å². The first-order valence-corrected chi connectivity index (χ1v) is 14.3. The van der Waals surface area contributed by atoms with E-state index < -0.39 is 5.41 Å². The van der Waals surface area contributed by atoms with Crippen molar-refractivity contribution in [1.29, 1.82) is 5.26 Å². The number of fused-ring (bicyclic) bond motifs is 5. The summed E-state index contributed by atoms with van der Waals surface area (Å²) in [7, 11) is 0. The standard InChI is InChI=1S/C41H29N/c1-28(27-42)24-29(2)31-13-11-14-32(25-31)33-21-22-38-37(26-33)40-36-19-10-9-12-30(36)20-23-39(40)41(38,34-15-5-3-6-16-34)35-17-7-4-8-18-35/h3-26H,2H2,1H3/b28-24+. The summed E-state index contributed by atoms with van der Waals surface area (Å²) in [6.07, 6.45) is 1.85. The van der Waals surface area contributed by atoms with Gasteiger partial charge in [-0.2, -0.15) is 5.26 Å². The van der Waals surface area contributed by atoms with Gasteiger partial charge in [0.15, 0.2) is 0 Å². The van der Waals surface area contributed by atoms with Crippen LogP contribution in [0, 0.1) is 11.3 Å². The first-order chi connectivity index (χ1) is 20.6. The molecule has 0 atom stereocenters. The van der Waals surface area contributed by atoms with Crippen molar-refractivity contribution in [2.75, 3.05) is 0 Å². The van der Waals surface area contributed by atoms with Gasteiger partial charge in [-0.05, 0) is 91.5 Å². The van der Waals surface area contributed by atoms with Crippen molar-refractivity contribution in [3.8, 4) is 28.3 Å². The molecule has 6 aromatic rings. The fraction of sp³-hybridized carbons (Fsp3) is 0.0488. The summed E-state index contributed by atoms with van der Waals surface area (Å²) >= 11 is 0. The van der Waals surface area contributed by atoms with Crippen LogP contribution in [0.1, 0.15) is 34.7 Å². The SMILES string of the molecule is C=C(/C=C(\C)C#N)c1cccc(-c2ccc3c(c2)-c2c(ccc4ccccc24)C3(c2ccccc2)c2ccccc2)c1. The zero-order chi connectivity index (χ0) is 28.7. The largest absolute Gasteiger partial charge is 0.193 e. The molecule has 0 bridgehead atoms. The molecule has 0 aromatic heterocycles. The molecule has 0 N–H and O–H groups in total. The van der Waals surface area contributed by atoms with Crippen LogP contribution in [0.3, 0.4) is 0 Å². The molecule has 198 valence electrons. The van der Waals surface area contributed by atoms with Gasteiger partial charge < -0.3 is 0 Å². The Labute approximate surface area is 247 Å². The number of nitriles is 1. The summed E-state index contributed by atoms with van der Waals surface area (Å²) in [5, 5.41) is 11.8. The highest BCUT2D eigenvalue weighted by atomic mass is 14.5. The number of nitrogens with zero attached hydrogens (tertiary/aromatic N) is 1. The number of rotatable bonds is 5. The quantitative estimate of drug-likeness (QED) is 0.159. The van der Waals surface area contributed by atoms with Crippen LogP contribution in [0.2, 0.25) is 0 Å². The molecule has 0 amide bonds. The van der Waals surface area contributed by atoms with Gasteiger partial charge in [0, 0.05) is 5.57 Å². The normalized spacial score (nSPS) is 13.3. The molecule has 0 radical (unpaired) electrons. The smallest absolute Gasteiger partial charge is 0.0944 e. The minimum absolute atomic E-state index is 0.439. The van der Waals surface area contributed by atoms with E-state index in [0.717, 1.165) is 22.3 Å². The number of allylic oxidation sites excluding steroid dienone is 3. The van der Waals surface area contributed by atoms with Crippen LogP contribution >= 0.6 is 0 Å². The third kappa shape index (κ3) is 3.92. The number of hydrogen-bond donors (Lipinski definition) is 0. The van der Waals surface area contributed by atoms with Gasteiger partial charge in [0.05, 0.1) is 11.5 Å². The Hall–Kier alpha value is -5.45. The summed E-state index contributed by atoms with van der Waals surface area (Å²) in [5.74, 6) is 0. The Morgan fingerprint density at radius 3 is 2.02 bits per heavy atom. The molecular weight excluding hydrogens is 506 g/mol. The van der Waals surface area contributed by atoms with Crippen LogP contribution in [0.15, 0.2) is 158 Å². The lowest BCUT2D eigenvalue weighted by molar-refractivity contribution is 0.769. The molecule has 0 saturated carbocycles. The van der Waals surface area contributed by atoms with Gasteiger partial charge >= 0.3 is 0 Å². The van der Waals surface area contributed by atoms with E-state index in [1.807, 2.05) is 13.0 Å². The highest BCUT2D eigenvalue weighted by molar-refractivity contribution is 6.04. The summed E-state index contributed by atoms with van der Waals surface area (Å²) in [4.78, 5) is 0. The van der Waals surface area contributed by atoms with Gasteiger partial charge in [0.2, 0.25) is 0 Å². The van der Waals surface area contributed by atoms with E-state index in [9.17, 15) is 5.26 Å². The Bertz CT molecular complexity index is 2020. The van der Waals surface area contributed by atoms with Crippen molar-refractivity contribution < 1.29 is 0 Å². The van der Waals surface area contributed by atoms with Crippen molar-refractivity contribution in [2.45, 2.75) is 12.3 Å². The Morgan fingerprint density at radius 2 is 1.31 bits per heavy atom. The van der Waals surface area contributed by atoms with Crippen molar-refractivity contribution >= 4 is 16.3 Å². The lowest BCUT2D eigenvalue weighted by Gasteiger charge is -2.34. The van der Waals surface area contributed by atoms with Gasteiger partial charge in [0.25, 0.3) is 0 Å². The van der Waals surface area contributed by atoms with E-state index in [1.165, 1.54) is 44.2 Å². The summed E-state index contributed by atoms with van der Waals surface area (Å²) in [5.41, 5.74) is 12.0. The highest BCUT2D eigenvalue weighted by Crippen LogP contribution is 2.58. The molecule has 6 aromatic carbocycles. The summed E-state index contributed by atoms with van der Waals surface area (Å²) < 4.78 is 0. The minimum Gasteiger partial charge on any atom is -0.193 e. The second-order valence-corrected chi connectivity index (χ2v) is 11.0. The van der Waals surface area contributed by atoms with Gasteiger partial charge in [0.1, 0.15) is 0 Å². The first-order valence-electron chi connectivity index (χ1n) is 14.3. The van der Waals surface area contributed by atoms with Crippen LogP contribution in [-0.2, 0) is 5.41 Å². The third-order valence-electron chi connectivity index (χ3n) is 8.57. The predicted octanol–water partition coefficient (Wildman–Crippen LogP) is 10.4. The van der Waals surface area contributed by atoms with E-state index in [2.05, 4.69) is 152 Å². The monoisotopic (exact) mass is 535 g/mol. The molecule has 0 saturated heterocycles. The van der Waals surface area contributed by atoms with E-state index in [-0.39, 0.29) is 0 Å². The molecular formula is C41H29N. The van der Waals surface area contributed by atoms with Crippen LogP contribution in [0.5, 0.6) is 0 Å². The van der Waals surface area contributed by atoms with Gasteiger partial charge in [-0.3, -0.25) is 0 Å². The Morgan fingerprint density at radius 1 is 0.667 bits per heavy atom. The first kappa shape index (κ1) is 25.5. The number of hydrogen-bond acceptors (Lipinski definition) is 1. The molecule has 1 aliphatic rings. The van der Waals surface area contributed by atoms with Crippen LogP contribution in [0.4, 0.5) is 0 Å². The molecule has 0 unspecified atom stereocenters. The minimum atomic E-state index is -0.439. The van der Waals surface area contributed by atoms with Crippen molar-refractivity contribution in [3.05, 3.63) is 186 Å². The topological polar surface area (TPSA) is 23.8 Å². The molecule has 42 heavy (non-hydrogen) atoms. The second-order valence-electron chi connectivity index (χ2n) is 11.0. The lowest BCUT2D eigenvalue weighted by atomic mass is 9.67. The Kier molecular flexibility index (Phi) is 6.19. The van der Waals surface area contributed by atoms with Gasteiger partial charge in [-0.25, -0.2) is 0 Å². The van der Waals surface area contributed by atoms with Crippen molar-refractivity contribution in [1.82, 2.24) is 0 Å². The average Bonchev–Trinajstić information content (AvgIpc) is 3.36. The van der Waals surface area contributed by atoms with Gasteiger partial charge in [-0.15, -0.1) is 0 Å². The third-order valence-corrected chi connectivity index (χ3v) is 8.57. The summed E-state index contributed by atoms with van der Waals surface area (Å²) in [6.45, 7) is 6.04. The predicted molar refractivity (Wildman–Crippen MR) is 175 cm³/mol. The number of benzene rings is 6. The molecule has 1 heteroatoms. The molecule has 0 heterocycles. The molecule has 0 fully saturated rings. The average molecular weight is 536 g/mol. The van der Waals surface area contributed by atoms with E-state index in [0.29, 0.717) is 5.57 Å². The lowest BCUT2D eigenvalue weighted by Crippen LogP contribution is -2.28. The van der Waals surface area contributed by atoms with Crippen molar-refractivity contribution in [2.24, 2.45) is 0 Å². The second kappa shape index (κ2) is 10.2. The van der Waals surface area contributed by atoms with Crippen LogP contribution < -0.4 is 0 Å². The fourth-order valence-electron chi connectivity index (χ4n) is 6.72. The molecule has 0 aliphatic heterocycles. The maximum absolute atomic E-state index is 9.26. The Balaban J connectivity index is 1.52.